The number of hydrogen-bond donors (Lipinski definition) is 3. The lowest BCUT2D eigenvalue weighted by molar-refractivity contribution is -0.123. The van der Waals surface area contributed by atoms with Gasteiger partial charge in [-0.15, -0.1) is 12.4 Å². The Hall–Kier alpha value is -1.15. The van der Waals surface area contributed by atoms with E-state index in [-0.39, 0.29) is 36.3 Å². The van der Waals surface area contributed by atoms with E-state index in [2.05, 4.69) is 10.0 Å². The highest BCUT2D eigenvalue weighted by Gasteiger charge is 2.21. The van der Waals surface area contributed by atoms with Gasteiger partial charge < -0.3 is 11.1 Å². The topological polar surface area (TPSA) is 101 Å². The van der Waals surface area contributed by atoms with Crippen molar-refractivity contribution in [3.05, 3.63) is 24.3 Å². The Morgan fingerprint density at radius 1 is 1.29 bits per heavy atom. The Morgan fingerprint density at radius 2 is 1.90 bits per heavy atom. The van der Waals surface area contributed by atoms with Crippen molar-refractivity contribution in [2.24, 2.45) is 11.1 Å². The van der Waals surface area contributed by atoms with Gasteiger partial charge in [-0.2, -0.15) is 0 Å². The molecule has 0 saturated heterocycles. The average Bonchev–Trinajstić information content (AvgIpc) is 2.35. The summed E-state index contributed by atoms with van der Waals surface area (Å²) in [6, 6.07) is 6.11. The Balaban J connectivity index is 0.00000400. The van der Waals surface area contributed by atoms with E-state index in [0.717, 1.165) is 0 Å². The van der Waals surface area contributed by atoms with Crippen LogP contribution in [0.4, 0.5) is 5.69 Å². The molecule has 0 radical (unpaired) electrons. The first-order valence-electron chi connectivity index (χ1n) is 6.28. The minimum Gasteiger partial charge on any atom is -0.329 e. The molecule has 0 aromatic heterocycles. The molecule has 120 valence electrons. The lowest BCUT2D eigenvalue weighted by Gasteiger charge is -2.18. The van der Waals surface area contributed by atoms with E-state index in [4.69, 9.17) is 5.73 Å². The van der Waals surface area contributed by atoms with E-state index in [1.54, 1.807) is 32.9 Å². The van der Waals surface area contributed by atoms with Crippen LogP contribution >= 0.6 is 12.4 Å². The first-order chi connectivity index (χ1) is 9.16. The summed E-state index contributed by atoms with van der Waals surface area (Å²) in [5.41, 5.74) is 5.17. The van der Waals surface area contributed by atoms with Crippen LogP contribution in [0.2, 0.25) is 0 Å². The number of carbonyl (C=O) groups is 1. The molecule has 1 rings (SSSR count). The second-order valence-corrected chi connectivity index (χ2v) is 7.19. The number of rotatable bonds is 5. The third-order valence-electron chi connectivity index (χ3n) is 2.52. The molecular weight excluding hydrogens is 314 g/mol. The summed E-state index contributed by atoms with van der Waals surface area (Å²) in [7, 11) is -3.60. The number of nitrogens with one attached hydrogen (secondary N) is 2. The molecule has 21 heavy (non-hydrogen) atoms. The summed E-state index contributed by atoms with van der Waals surface area (Å²) in [5.74, 6) is -0.179. The lowest BCUT2D eigenvalue weighted by atomic mass is 9.95. The van der Waals surface area contributed by atoms with Crippen LogP contribution in [0.25, 0.3) is 0 Å². The monoisotopic (exact) mass is 335 g/mol. The van der Waals surface area contributed by atoms with Gasteiger partial charge in [-0.3, -0.25) is 4.79 Å². The highest BCUT2D eigenvalue weighted by atomic mass is 35.5. The largest absolute Gasteiger partial charge is 0.329 e. The van der Waals surface area contributed by atoms with E-state index in [0.29, 0.717) is 5.69 Å². The fourth-order valence-electron chi connectivity index (χ4n) is 1.34. The molecule has 6 nitrogen and oxygen atoms in total. The van der Waals surface area contributed by atoms with Crippen LogP contribution < -0.4 is 15.8 Å². The number of benzene rings is 1. The van der Waals surface area contributed by atoms with E-state index in [1.807, 2.05) is 0 Å². The van der Waals surface area contributed by atoms with Crippen LogP contribution in [-0.2, 0) is 14.8 Å². The number of anilines is 1. The normalized spacial score (nSPS) is 11.6. The van der Waals surface area contributed by atoms with Gasteiger partial charge in [0.05, 0.1) is 4.90 Å². The summed E-state index contributed by atoms with van der Waals surface area (Å²) in [4.78, 5) is 12.0. The van der Waals surface area contributed by atoms with Crippen molar-refractivity contribution in [1.29, 1.82) is 0 Å². The predicted molar refractivity (Wildman–Crippen MR) is 86.0 cm³/mol. The van der Waals surface area contributed by atoms with Crippen molar-refractivity contribution in [1.82, 2.24) is 4.72 Å². The Morgan fingerprint density at radius 3 is 2.43 bits per heavy atom. The molecule has 4 N–H and O–H groups in total. The van der Waals surface area contributed by atoms with Crippen LogP contribution in [0.3, 0.4) is 0 Å². The van der Waals surface area contributed by atoms with Gasteiger partial charge in [0.15, 0.2) is 0 Å². The number of halogens is 1. The van der Waals surface area contributed by atoms with Crippen LogP contribution in [0.15, 0.2) is 29.2 Å². The summed E-state index contributed by atoms with van der Waals surface area (Å²) < 4.78 is 26.3. The maximum Gasteiger partial charge on any atom is 0.240 e. The van der Waals surface area contributed by atoms with E-state index in [9.17, 15) is 13.2 Å². The van der Waals surface area contributed by atoms with Crippen molar-refractivity contribution in [2.75, 3.05) is 18.4 Å². The summed E-state index contributed by atoms with van der Waals surface area (Å²) in [6.07, 6.45) is 0. The van der Waals surface area contributed by atoms with Crippen molar-refractivity contribution in [3.8, 4) is 0 Å². The molecule has 0 aliphatic carbocycles. The van der Waals surface area contributed by atoms with Crippen LogP contribution in [-0.4, -0.2) is 27.4 Å². The number of amides is 1. The standard InChI is InChI=1S/C13H21N3O3S.ClH/c1-13(2,3)12(17)16-10-5-4-6-11(9-10)20(18,19)15-8-7-14;/h4-6,9,15H,7-8,14H2,1-3H3,(H,16,17);1H. The van der Waals surface area contributed by atoms with Gasteiger partial charge in [0, 0.05) is 24.2 Å². The van der Waals surface area contributed by atoms with Gasteiger partial charge >= 0.3 is 0 Å². The fourth-order valence-corrected chi connectivity index (χ4v) is 2.43. The van der Waals surface area contributed by atoms with Crippen molar-refractivity contribution in [2.45, 2.75) is 25.7 Å². The quantitative estimate of drug-likeness (QED) is 0.755. The third-order valence-corrected chi connectivity index (χ3v) is 3.98. The highest BCUT2D eigenvalue weighted by molar-refractivity contribution is 7.89. The molecular formula is C13H22ClN3O3S. The van der Waals surface area contributed by atoms with Crippen LogP contribution in [0.1, 0.15) is 20.8 Å². The molecule has 0 bridgehead atoms. The first-order valence-corrected chi connectivity index (χ1v) is 7.76. The summed E-state index contributed by atoms with van der Waals surface area (Å²) >= 11 is 0. The van der Waals surface area contributed by atoms with Crippen molar-refractivity contribution < 1.29 is 13.2 Å². The maximum atomic E-state index is 11.9. The van der Waals surface area contributed by atoms with Gasteiger partial charge in [-0.1, -0.05) is 26.8 Å². The van der Waals surface area contributed by atoms with Gasteiger partial charge in [0.2, 0.25) is 15.9 Å². The zero-order valence-corrected chi connectivity index (χ0v) is 14.0. The van der Waals surface area contributed by atoms with Gasteiger partial charge in [0.25, 0.3) is 0 Å². The van der Waals surface area contributed by atoms with Gasteiger partial charge in [-0.05, 0) is 18.2 Å². The molecule has 1 aromatic carbocycles. The fraction of sp³-hybridized carbons (Fsp3) is 0.462. The minimum absolute atomic E-state index is 0. The number of carbonyl (C=O) groups excluding carboxylic acids is 1. The molecule has 1 aromatic rings. The molecule has 0 spiro atoms. The molecule has 0 fully saturated rings. The highest BCUT2D eigenvalue weighted by Crippen LogP contribution is 2.19. The third kappa shape index (κ3) is 6.01. The Kier molecular flexibility index (Phi) is 7.32. The lowest BCUT2D eigenvalue weighted by Crippen LogP contribution is -2.29. The smallest absolute Gasteiger partial charge is 0.240 e. The first kappa shape index (κ1) is 19.9. The van der Waals surface area contributed by atoms with E-state index in [1.165, 1.54) is 12.1 Å². The van der Waals surface area contributed by atoms with E-state index < -0.39 is 15.4 Å². The Labute approximate surface area is 132 Å². The zero-order chi connectivity index (χ0) is 15.4. The number of hydrogen-bond acceptors (Lipinski definition) is 4. The van der Waals surface area contributed by atoms with Crippen molar-refractivity contribution in [3.63, 3.8) is 0 Å². The average molecular weight is 336 g/mol. The number of sulfonamides is 1. The second-order valence-electron chi connectivity index (χ2n) is 5.42. The van der Waals surface area contributed by atoms with Crippen LogP contribution in [0, 0.1) is 5.41 Å². The molecule has 0 atom stereocenters. The molecule has 8 heteroatoms. The number of nitrogens with two attached hydrogens (primary N) is 1. The van der Waals surface area contributed by atoms with Gasteiger partial charge in [0.1, 0.15) is 0 Å². The second kappa shape index (κ2) is 7.74. The molecule has 0 aliphatic heterocycles. The SMILES string of the molecule is CC(C)(C)C(=O)Nc1cccc(S(=O)(=O)NCCN)c1.Cl. The summed E-state index contributed by atoms with van der Waals surface area (Å²) in [6.45, 7) is 5.74. The Bertz CT molecular complexity index is 583. The molecule has 0 saturated carbocycles. The van der Waals surface area contributed by atoms with Crippen LogP contribution in [0.5, 0.6) is 0 Å². The molecule has 0 aliphatic rings. The minimum atomic E-state index is -3.60. The predicted octanol–water partition coefficient (Wildman–Crippen LogP) is 1.33. The molecule has 0 unspecified atom stereocenters. The van der Waals surface area contributed by atoms with Crippen molar-refractivity contribution >= 4 is 34.0 Å². The zero-order valence-electron chi connectivity index (χ0n) is 12.3. The summed E-state index contributed by atoms with van der Waals surface area (Å²) in [5, 5.41) is 2.69. The molecule has 0 heterocycles. The van der Waals surface area contributed by atoms with E-state index >= 15 is 0 Å². The maximum absolute atomic E-state index is 11.9. The molecule has 1 amide bonds. The van der Waals surface area contributed by atoms with Gasteiger partial charge in [-0.25, -0.2) is 13.1 Å².